The van der Waals surface area contributed by atoms with Crippen molar-refractivity contribution in [2.45, 2.75) is 49.8 Å². The summed E-state index contributed by atoms with van der Waals surface area (Å²) >= 11 is 0. The van der Waals surface area contributed by atoms with Crippen LogP contribution in [0.1, 0.15) is 55.5 Å². The van der Waals surface area contributed by atoms with Gasteiger partial charge >= 0.3 is 7.60 Å². The zero-order valence-corrected chi connectivity index (χ0v) is 22.3. The zero-order chi connectivity index (χ0) is 26.3. The number of Topliss-reactive ketones (excluding diaryl/α,β-unsaturated/α-hetero) is 2. The third-order valence-corrected chi connectivity index (χ3v) is 9.18. The second-order valence-corrected chi connectivity index (χ2v) is 12.7. The van der Waals surface area contributed by atoms with Crippen LogP contribution in [-0.2, 0) is 29.3 Å². The summed E-state index contributed by atoms with van der Waals surface area (Å²) in [5.41, 5.74) is 0.349. The Kier molecular flexibility index (Phi) is 6.98. The van der Waals surface area contributed by atoms with Crippen LogP contribution >= 0.6 is 7.60 Å². The van der Waals surface area contributed by atoms with E-state index in [-0.39, 0.29) is 28.0 Å². The van der Waals surface area contributed by atoms with Crippen molar-refractivity contribution in [2.75, 3.05) is 19.1 Å². The first-order valence-corrected chi connectivity index (χ1v) is 15.2. The molecule has 0 aromatic heterocycles. The van der Waals surface area contributed by atoms with E-state index in [0.717, 1.165) is 0 Å². The normalized spacial score (nSPS) is 21.4. The van der Waals surface area contributed by atoms with Crippen LogP contribution < -0.4 is 9.84 Å². The molecule has 0 bridgehead atoms. The monoisotopic (exact) mass is 532 g/mol. The van der Waals surface area contributed by atoms with Gasteiger partial charge in [-0.05, 0) is 30.5 Å². The lowest BCUT2D eigenvalue weighted by Crippen LogP contribution is -2.52. The van der Waals surface area contributed by atoms with E-state index in [1.165, 1.54) is 32.0 Å². The van der Waals surface area contributed by atoms with E-state index in [4.69, 9.17) is 9.05 Å². The fourth-order valence-corrected chi connectivity index (χ4v) is 6.85. The van der Waals surface area contributed by atoms with Crippen LogP contribution in [-0.4, -0.2) is 39.6 Å². The first kappa shape index (κ1) is 26.3. The second-order valence-electron chi connectivity index (χ2n) is 9.07. The predicted octanol–water partition coefficient (Wildman–Crippen LogP) is 4.97. The molecule has 2 aromatic carbocycles. The number of nitrogens with zero attached hydrogens (tertiary/aromatic N) is 1. The number of fused-ring (bicyclic) bond motifs is 2. The number of hydrogen-bond donors (Lipinski definition) is 1. The Morgan fingerprint density at radius 3 is 2.39 bits per heavy atom. The highest BCUT2D eigenvalue weighted by Gasteiger charge is 2.53. The number of carbonyl (C=O) groups is 2. The molecule has 2 aromatic rings. The molecule has 4 rings (SSSR count). The van der Waals surface area contributed by atoms with Gasteiger partial charge < -0.3 is 14.4 Å². The molecule has 0 fully saturated rings. The molecule has 2 atom stereocenters. The van der Waals surface area contributed by atoms with Gasteiger partial charge in [0.05, 0.1) is 11.1 Å². The number of hydrogen-bond acceptors (Lipinski definition) is 8. The molecule has 0 radical (unpaired) electrons. The molecule has 1 aliphatic heterocycles. The van der Waals surface area contributed by atoms with Crippen molar-refractivity contribution in [2.24, 2.45) is 10.3 Å². The standard InChI is InChI=1S/C25H29N2O7PS/c1-5-13-25(14-6-2)18-10-8-7-9-17(18)22(28)21(23(25)29)24-26-19-12-11-16(34-35(4,30)33-3)15-20(19)36(31,32)27-24/h7-12,15,21H,5-6,13-14H2,1-4H3,(H,26,27). The third-order valence-electron chi connectivity index (χ3n) is 6.65. The van der Waals surface area contributed by atoms with E-state index < -0.39 is 34.7 Å². The van der Waals surface area contributed by atoms with Gasteiger partial charge in [0, 0.05) is 25.4 Å². The second kappa shape index (κ2) is 9.57. The quantitative estimate of drug-likeness (QED) is 0.373. The summed E-state index contributed by atoms with van der Waals surface area (Å²) in [5.74, 6) is -2.38. The molecule has 36 heavy (non-hydrogen) atoms. The van der Waals surface area contributed by atoms with Gasteiger partial charge in [0.25, 0.3) is 10.0 Å². The fourth-order valence-electron chi connectivity index (χ4n) is 5.11. The summed E-state index contributed by atoms with van der Waals surface area (Å²) in [7, 11) is -6.50. The summed E-state index contributed by atoms with van der Waals surface area (Å²) < 4.78 is 52.5. The van der Waals surface area contributed by atoms with E-state index in [2.05, 4.69) is 9.71 Å². The number of amidine groups is 1. The van der Waals surface area contributed by atoms with Crippen molar-refractivity contribution in [3.8, 4) is 5.75 Å². The summed E-state index contributed by atoms with van der Waals surface area (Å²) in [4.78, 5) is 27.4. The van der Waals surface area contributed by atoms with E-state index in [9.17, 15) is 22.6 Å². The molecular weight excluding hydrogens is 503 g/mol. The van der Waals surface area contributed by atoms with Crippen LogP contribution in [0.15, 0.2) is 51.8 Å². The van der Waals surface area contributed by atoms with Crippen molar-refractivity contribution in [1.82, 2.24) is 0 Å². The molecule has 2 aliphatic rings. The molecule has 0 spiro atoms. The molecule has 1 aliphatic carbocycles. The molecule has 0 amide bonds. The van der Waals surface area contributed by atoms with E-state index >= 15 is 0 Å². The average Bonchev–Trinajstić information content (AvgIpc) is 2.83. The summed E-state index contributed by atoms with van der Waals surface area (Å²) in [5, 5.41) is 2.91. The van der Waals surface area contributed by atoms with Gasteiger partial charge in [0.1, 0.15) is 22.4 Å². The molecule has 1 N–H and O–H groups in total. The van der Waals surface area contributed by atoms with Gasteiger partial charge in [0.15, 0.2) is 11.6 Å². The number of nitrogens with one attached hydrogen (secondary N) is 1. The van der Waals surface area contributed by atoms with E-state index in [1.807, 2.05) is 26.0 Å². The van der Waals surface area contributed by atoms with Gasteiger partial charge in [-0.15, -0.1) is 4.40 Å². The lowest BCUT2D eigenvalue weighted by atomic mass is 9.60. The van der Waals surface area contributed by atoms with Crippen molar-refractivity contribution in [3.63, 3.8) is 0 Å². The maximum atomic E-state index is 14.1. The van der Waals surface area contributed by atoms with Crippen molar-refractivity contribution in [3.05, 3.63) is 53.6 Å². The summed E-state index contributed by atoms with van der Waals surface area (Å²) in [6.45, 7) is 5.22. The number of anilines is 1. The number of sulfonamides is 1. The van der Waals surface area contributed by atoms with Crippen molar-refractivity contribution in [1.29, 1.82) is 0 Å². The zero-order valence-electron chi connectivity index (χ0n) is 20.6. The van der Waals surface area contributed by atoms with Crippen LogP contribution in [0.5, 0.6) is 5.75 Å². The molecule has 11 heteroatoms. The maximum Gasteiger partial charge on any atom is 0.375 e. The molecule has 0 saturated carbocycles. The minimum absolute atomic E-state index is 0.0223. The fraction of sp³-hybridized carbons (Fsp3) is 0.400. The highest BCUT2D eigenvalue weighted by molar-refractivity contribution is 7.90. The largest absolute Gasteiger partial charge is 0.424 e. The van der Waals surface area contributed by atoms with E-state index in [1.54, 1.807) is 12.1 Å². The Hall–Kier alpha value is -2.81. The highest BCUT2D eigenvalue weighted by Crippen LogP contribution is 2.47. The Morgan fingerprint density at radius 2 is 1.75 bits per heavy atom. The summed E-state index contributed by atoms with van der Waals surface area (Å²) in [6.07, 6.45) is 2.50. The van der Waals surface area contributed by atoms with Gasteiger partial charge in [-0.2, -0.15) is 8.42 Å². The van der Waals surface area contributed by atoms with Crippen molar-refractivity contribution >= 4 is 40.7 Å². The Balaban J connectivity index is 1.81. The Bertz CT molecular complexity index is 1410. The number of rotatable bonds is 8. The van der Waals surface area contributed by atoms with Gasteiger partial charge in [-0.3, -0.25) is 9.59 Å². The predicted molar refractivity (Wildman–Crippen MR) is 137 cm³/mol. The molecule has 192 valence electrons. The Labute approximate surface area is 210 Å². The molecule has 0 saturated heterocycles. The van der Waals surface area contributed by atoms with Crippen LogP contribution in [0.2, 0.25) is 0 Å². The summed E-state index contributed by atoms with van der Waals surface area (Å²) in [6, 6.07) is 11.1. The van der Waals surface area contributed by atoms with Crippen LogP contribution in [0, 0.1) is 5.92 Å². The first-order valence-electron chi connectivity index (χ1n) is 11.8. The van der Waals surface area contributed by atoms with Gasteiger partial charge in [-0.25, -0.2) is 4.57 Å². The minimum Gasteiger partial charge on any atom is -0.424 e. The van der Waals surface area contributed by atoms with Crippen molar-refractivity contribution < 1.29 is 31.6 Å². The highest BCUT2D eigenvalue weighted by atomic mass is 32.2. The van der Waals surface area contributed by atoms with Crippen LogP contribution in [0.4, 0.5) is 5.69 Å². The molecule has 9 nitrogen and oxygen atoms in total. The maximum absolute atomic E-state index is 14.1. The molecule has 1 heterocycles. The first-order chi connectivity index (χ1) is 17.0. The lowest BCUT2D eigenvalue weighted by Gasteiger charge is -2.41. The van der Waals surface area contributed by atoms with Gasteiger partial charge in [-0.1, -0.05) is 51.0 Å². The average molecular weight is 533 g/mol. The van der Waals surface area contributed by atoms with E-state index in [0.29, 0.717) is 36.8 Å². The number of carbonyl (C=O) groups excluding carboxylic acids is 2. The van der Waals surface area contributed by atoms with Crippen LogP contribution in [0.25, 0.3) is 0 Å². The topological polar surface area (TPSA) is 128 Å². The molecule has 2 unspecified atom stereocenters. The SMILES string of the molecule is CCCC1(CCC)C(=O)C(C2=NS(=O)(=O)c3cc(OP(C)(=O)OC)ccc3N2)C(=O)c2ccccc21. The molecular formula is C25H29N2O7PS. The smallest absolute Gasteiger partial charge is 0.375 e. The van der Waals surface area contributed by atoms with Crippen LogP contribution in [0.3, 0.4) is 0 Å². The third kappa shape index (κ3) is 4.42. The Morgan fingerprint density at radius 1 is 1.08 bits per heavy atom. The number of benzene rings is 2. The lowest BCUT2D eigenvalue weighted by molar-refractivity contribution is -0.126. The number of ketones is 2. The minimum atomic E-state index is -4.30. The van der Waals surface area contributed by atoms with Gasteiger partial charge in [0.2, 0.25) is 0 Å².